The Bertz CT molecular complexity index is 158. The maximum atomic E-state index is 7.00. The number of aromatic nitrogens is 1. The van der Waals surface area contributed by atoms with Gasteiger partial charge in [-0.15, -0.1) is 24.0 Å². The summed E-state index contributed by atoms with van der Waals surface area (Å²) in [5.41, 5.74) is 0.925. The summed E-state index contributed by atoms with van der Waals surface area (Å²) in [6.45, 7) is 0. The molecule has 0 aromatic carbocycles. The lowest BCUT2D eigenvalue weighted by atomic mass is 10.4. The van der Waals surface area contributed by atoms with Crippen molar-refractivity contribution in [3.8, 4) is 0 Å². The van der Waals surface area contributed by atoms with Gasteiger partial charge in [0.05, 0.1) is 11.6 Å². The van der Waals surface area contributed by atoms with Crippen molar-refractivity contribution in [2.24, 2.45) is 0 Å². The molecule has 0 fully saturated rings. The van der Waals surface area contributed by atoms with Gasteiger partial charge in [0, 0.05) is 13.3 Å². The summed E-state index contributed by atoms with van der Waals surface area (Å²) in [5.74, 6) is 0.501. The van der Waals surface area contributed by atoms with Gasteiger partial charge in [-0.1, -0.05) is 6.07 Å². The normalized spacial score (nSPS) is 7.18. The molecular weight excluding hydrogens is 185 g/mol. The van der Waals surface area contributed by atoms with Gasteiger partial charge in [0.2, 0.25) is 0 Å². The summed E-state index contributed by atoms with van der Waals surface area (Å²) >= 11 is 5.46. The van der Waals surface area contributed by atoms with E-state index in [4.69, 9.17) is 16.7 Å². The molecule has 0 saturated heterocycles. The van der Waals surface area contributed by atoms with Crippen LogP contribution in [0.1, 0.15) is 5.69 Å². The van der Waals surface area contributed by atoms with Crippen LogP contribution in [0.15, 0.2) is 24.4 Å². The van der Waals surface area contributed by atoms with Gasteiger partial charge in [-0.3, -0.25) is 4.98 Å². The van der Waals surface area contributed by atoms with Crippen LogP contribution in [0.4, 0.5) is 0 Å². The summed E-state index contributed by atoms with van der Waals surface area (Å²) in [7, 11) is 1.00. The molecule has 11 heavy (non-hydrogen) atoms. The Morgan fingerprint density at radius 3 is 2.36 bits per heavy atom. The van der Waals surface area contributed by atoms with Crippen LogP contribution in [-0.4, -0.2) is 17.2 Å². The Labute approximate surface area is 77.6 Å². The predicted molar refractivity (Wildman–Crippen MR) is 49.2 cm³/mol. The van der Waals surface area contributed by atoms with Gasteiger partial charge in [-0.05, 0) is 12.1 Å². The first-order chi connectivity index (χ1) is 4.93. The zero-order valence-corrected chi connectivity index (χ0v) is 7.77. The highest BCUT2D eigenvalue weighted by molar-refractivity contribution is 6.16. The Kier molecular flexibility index (Phi) is 11.7. The number of hydrogen-bond donors (Lipinski definition) is 1. The smallest absolute Gasteiger partial charge is 0.0647 e. The lowest BCUT2D eigenvalue weighted by molar-refractivity contribution is 0.399. The van der Waals surface area contributed by atoms with E-state index in [9.17, 15) is 0 Å². The van der Waals surface area contributed by atoms with Crippen molar-refractivity contribution < 1.29 is 5.11 Å². The molecule has 0 saturated carbocycles. The van der Waals surface area contributed by atoms with Crippen LogP contribution < -0.4 is 0 Å². The number of halogens is 2. The highest BCUT2D eigenvalue weighted by atomic mass is 35.5. The summed E-state index contributed by atoms with van der Waals surface area (Å²) in [5, 5.41) is 7.00. The fourth-order valence-electron chi connectivity index (χ4n) is 0.477. The molecule has 0 aliphatic rings. The molecule has 0 bridgehead atoms. The SMILES string of the molecule is CO.Cl.ClCc1ccccn1. The number of alkyl halides is 1. The van der Waals surface area contributed by atoms with Crippen LogP contribution >= 0.6 is 24.0 Å². The van der Waals surface area contributed by atoms with Crippen molar-refractivity contribution in [1.82, 2.24) is 4.98 Å². The molecule has 0 radical (unpaired) electrons. The molecule has 0 atom stereocenters. The maximum absolute atomic E-state index is 7.00. The van der Waals surface area contributed by atoms with Crippen molar-refractivity contribution in [1.29, 1.82) is 0 Å². The Hall–Kier alpha value is -0.310. The topological polar surface area (TPSA) is 33.1 Å². The summed E-state index contributed by atoms with van der Waals surface area (Å²) < 4.78 is 0. The molecule has 4 heteroatoms. The van der Waals surface area contributed by atoms with Crippen LogP contribution in [0, 0.1) is 0 Å². The molecule has 0 aliphatic heterocycles. The minimum atomic E-state index is 0. The lowest BCUT2D eigenvalue weighted by Crippen LogP contribution is -1.79. The van der Waals surface area contributed by atoms with Crippen LogP contribution in [0.5, 0.6) is 0 Å². The van der Waals surface area contributed by atoms with Crippen molar-refractivity contribution in [2.75, 3.05) is 7.11 Å². The second-order valence-electron chi connectivity index (χ2n) is 1.45. The van der Waals surface area contributed by atoms with E-state index in [1.54, 1.807) is 6.20 Å². The largest absolute Gasteiger partial charge is 0.400 e. The molecule has 0 unspecified atom stereocenters. The first-order valence-corrected chi connectivity index (χ1v) is 3.37. The zero-order chi connectivity index (χ0) is 7.82. The number of aliphatic hydroxyl groups excluding tert-OH is 1. The first-order valence-electron chi connectivity index (χ1n) is 2.84. The molecule has 0 amide bonds. The number of aliphatic hydroxyl groups is 1. The summed E-state index contributed by atoms with van der Waals surface area (Å²) in [6.07, 6.45) is 1.73. The van der Waals surface area contributed by atoms with E-state index in [0.717, 1.165) is 12.8 Å². The number of rotatable bonds is 1. The van der Waals surface area contributed by atoms with Crippen LogP contribution in [0.25, 0.3) is 0 Å². The van der Waals surface area contributed by atoms with Gasteiger partial charge in [0.15, 0.2) is 0 Å². The second-order valence-corrected chi connectivity index (χ2v) is 1.72. The van der Waals surface area contributed by atoms with E-state index in [1.807, 2.05) is 18.2 Å². The molecule has 0 aliphatic carbocycles. The van der Waals surface area contributed by atoms with Crippen LogP contribution in [0.2, 0.25) is 0 Å². The van der Waals surface area contributed by atoms with E-state index < -0.39 is 0 Å². The molecule has 1 rings (SSSR count). The fraction of sp³-hybridized carbons (Fsp3) is 0.286. The fourth-order valence-corrected chi connectivity index (χ4v) is 0.635. The van der Waals surface area contributed by atoms with Gasteiger partial charge < -0.3 is 5.11 Å². The molecule has 1 aromatic rings. The van der Waals surface area contributed by atoms with Crippen molar-refractivity contribution in [2.45, 2.75) is 5.88 Å². The van der Waals surface area contributed by atoms with Gasteiger partial charge >= 0.3 is 0 Å². The minimum absolute atomic E-state index is 0. The third kappa shape index (κ3) is 6.10. The average Bonchev–Trinajstić information content (AvgIpc) is 2.10. The van der Waals surface area contributed by atoms with E-state index in [0.29, 0.717) is 5.88 Å². The third-order valence-electron chi connectivity index (χ3n) is 0.863. The molecule has 64 valence electrons. The average molecular weight is 196 g/mol. The molecule has 1 heterocycles. The monoisotopic (exact) mass is 195 g/mol. The second kappa shape index (κ2) is 9.69. The Balaban J connectivity index is 0. The highest BCUT2D eigenvalue weighted by Gasteiger charge is 1.83. The lowest BCUT2D eigenvalue weighted by Gasteiger charge is -1.87. The van der Waals surface area contributed by atoms with Crippen molar-refractivity contribution in [3.05, 3.63) is 30.1 Å². The van der Waals surface area contributed by atoms with Crippen molar-refractivity contribution in [3.63, 3.8) is 0 Å². The van der Waals surface area contributed by atoms with Gasteiger partial charge in [0.25, 0.3) is 0 Å². The van der Waals surface area contributed by atoms with Crippen LogP contribution in [-0.2, 0) is 5.88 Å². The summed E-state index contributed by atoms with van der Waals surface area (Å²) in [4.78, 5) is 3.97. The maximum Gasteiger partial charge on any atom is 0.0647 e. The Morgan fingerprint density at radius 2 is 2.09 bits per heavy atom. The molecular formula is C7H11Cl2NO. The van der Waals surface area contributed by atoms with E-state index in [1.165, 1.54) is 0 Å². The standard InChI is InChI=1S/C6H6ClN.CH4O.ClH/c7-5-6-3-1-2-4-8-6;1-2;/h1-4H,5H2;2H,1H3;1H. The highest BCUT2D eigenvalue weighted by Crippen LogP contribution is 1.95. The molecule has 1 N–H and O–H groups in total. The van der Waals surface area contributed by atoms with E-state index in [-0.39, 0.29) is 12.4 Å². The first kappa shape index (κ1) is 13.3. The van der Waals surface area contributed by atoms with Gasteiger partial charge in [-0.25, -0.2) is 0 Å². The minimum Gasteiger partial charge on any atom is -0.400 e. The van der Waals surface area contributed by atoms with E-state index >= 15 is 0 Å². The quantitative estimate of drug-likeness (QED) is 0.695. The number of hydrogen-bond acceptors (Lipinski definition) is 2. The molecule has 0 spiro atoms. The van der Waals surface area contributed by atoms with E-state index in [2.05, 4.69) is 4.98 Å². The summed E-state index contributed by atoms with van der Waals surface area (Å²) in [6, 6.07) is 5.69. The number of nitrogens with zero attached hydrogens (tertiary/aromatic N) is 1. The van der Waals surface area contributed by atoms with Crippen molar-refractivity contribution >= 4 is 24.0 Å². The van der Waals surface area contributed by atoms with Gasteiger partial charge in [-0.2, -0.15) is 0 Å². The predicted octanol–water partition coefficient (Wildman–Crippen LogP) is 1.85. The zero-order valence-electron chi connectivity index (χ0n) is 6.20. The third-order valence-corrected chi connectivity index (χ3v) is 1.14. The molecule has 1 aromatic heterocycles. The van der Waals surface area contributed by atoms with Gasteiger partial charge in [0.1, 0.15) is 0 Å². The number of pyridine rings is 1. The van der Waals surface area contributed by atoms with Crippen LogP contribution in [0.3, 0.4) is 0 Å². The Morgan fingerprint density at radius 1 is 1.45 bits per heavy atom. The molecule has 2 nitrogen and oxygen atoms in total.